The maximum atomic E-state index is 12.1. The average Bonchev–Trinajstić information content (AvgIpc) is 2.38. The Kier molecular flexibility index (Phi) is 4.61. The molecule has 2 unspecified atom stereocenters. The third-order valence-electron chi connectivity index (χ3n) is 3.66. The number of esters is 1. The zero-order valence-corrected chi connectivity index (χ0v) is 12.5. The standard InChI is InChI=1S/C17H23NO2/c1-13(2)11-16(19)20-17(9-10-18-14(3)12-17)15-7-5-4-6-8-15/h4-8,11,14,18H,9-10,12H2,1-3H3. The molecule has 2 rings (SSSR count). The SMILES string of the molecule is CC(C)=CC(=O)OC1(c2ccccc2)CCNC(C)C1. The van der Waals surface area contributed by atoms with Crippen molar-refractivity contribution in [2.24, 2.45) is 0 Å². The summed E-state index contributed by atoms with van der Waals surface area (Å²) in [6, 6.07) is 10.4. The lowest BCUT2D eigenvalue weighted by Gasteiger charge is -2.40. The van der Waals surface area contributed by atoms with Crippen molar-refractivity contribution in [1.29, 1.82) is 0 Å². The zero-order chi connectivity index (χ0) is 14.6. The van der Waals surface area contributed by atoms with Gasteiger partial charge >= 0.3 is 5.97 Å². The second kappa shape index (κ2) is 6.23. The molecule has 3 nitrogen and oxygen atoms in total. The Morgan fingerprint density at radius 1 is 1.35 bits per heavy atom. The molecule has 1 aliphatic rings. The normalized spacial score (nSPS) is 25.9. The van der Waals surface area contributed by atoms with Crippen LogP contribution in [0, 0.1) is 0 Å². The Morgan fingerprint density at radius 3 is 2.65 bits per heavy atom. The highest BCUT2D eigenvalue weighted by atomic mass is 16.6. The van der Waals surface area contributed by atoms with Gasteiger partial charge in [0.15, 0.2) is 0 Å². The third-order valence-corrected chi connectivity index (χ3v) is 3.66. The summed E-state index contributed by atoms with van der Waals surface area (Å²) in [5.74, 6) is -0.247. The molecule has 3 heteroatoms. The predicted octanol–water partition coefficient (Wildman–Crippen LogP) is 3.16. The van der Waals surface area contributed by atoms with Gasteiger partial charge in [0.2, 0.25) is 0 Å². The summed E-state index contributed by atoms with van der Waals surface area (Å²) in [7, 11) is 0. The first-order valence-corrected chi connectivity index (χ1v) is 7.19. The molecule has 0 saturated carbocycles. The number of carbonyl (C=O) groups is 1. The molecule has 20 heavy (non-hydrogen) atoms. The van der Waals surface area contributed by atoms with Crippen molar-refractivity contribution in [1.82, 2.24) is 5.32 Å². The molecule has 0 amide bonds. The Bertz CT molecular complexity index is 491. The van der Waals surface area contributed by atoms with Crippen LogP contribution in [0.5, 0.6) is 0 Å². The lowest BCUT2D eigenvalue weighted by molar-refractivity contribution is -0.159. The van der Waals surface area contributed by atoms with E-state index in [4.69, 9.17) is 4.74 Å². The van der Waals surface area contributed by atoms with Crippen molar-refractivity contribution in [2.45, 2.75) is 45.3 Å². The molecular weight excluding hydrogens is 250 g/mol. The van der Waals surface area contributed by atoms with Gasteiger partial charge in [-0.1, -0.05) is 35.9 Å². The van der Waals surface area contributed by atoms with Crippen molar-refractivity contribution >= 4 is 5.97 Å². The van der Waals surface area contributed by atoms with E-state index in [1.165, 1.54) is 0 Å². The van der Waals surface area contributed by atoms with Crippen molar-refractivity contribution < 1.29 is 9.53 Å². The Morgan fingerprint density at radius 2 is 2.05 bits per heavy atom. The molecule has 1 aromatic rings. The Labute approximate surface area is 121 Å². The van der Waals surface area contributed by atoms with E-state index >= 15 is 0 Å². The van der Waals surface area contributed by atoms with Gasteiger partial charge in [0.05, 0.1) is 0 Å². The molecule has 1 aliphatic heterocycles. The molecule has 1 aromatic carbocycles. The van der Waals surface area contributed by atoms with E-state index in [0.29, 0.717) is 6.04 Å². The minimum absolute atomic E-state index is 0.247. The highest BCUT2D eigenvalue weighted by Crippen LogP contribution is 2.36. The van der Waals surface area contributed by atoms with Crippen molar-refractivity contribution in [3.63, 3.8) is 0 Å². The van der Waals surface area contributed by atoms with Crippen molar-refractivity contribution in [3.05, 3.63) is 47.5 Å². The molecule has 0 aromatic heterocycles. The van der Waals surface area contributed by atoms with E-state index in [1.54, 1.807) is 6.08 Å². The fourth-order valence-corrected chi connectivity index (χ4v) is 2.80. The summed E-state index contributed by atoms with van der Waals surface area (Å²) in [6.45, 7) is 6.80. The lowest BCUT2D eigenvalue weighted by Crippen LogP contribution is -2.47. The van der Waals surface area contributed by atoms with E-state index in [1.807, 2.05) is 44.2 Å². The molecular formula is C17H23NO2. The van der Waals surface area contributed by atoms with E-state index in [2.05, 4.69) is 12.2 Å². The first-order valence-electron chi connectivity index (χ1n) is 7.19. The molecule has 1 saturated heterocycles. The van der Waals surface area contributed by atoms with Crippen LogP contribution >= 0.6 is 0 Å². The second-order valence-corrected chi connectivity index (χ2v) is 5.81. The van der Waals surface area contributed by atoms with E-state index in [-0.39, 0.29) is 5.97 Å². The number of nitrogens with one attached hydrogen (secondary N) is 1. The predicted molar refractivity (Wildman–Crippen MR) is 80.3 cm³/mol. The summed E-state index contributed by atoms with van der Waals surface area (Å²) in [6.07, 6.45) is 3.18. The van der Waals surface area contributed by atoms with Crippen LogP contribution in [-0.4, -0.2) is 18.6 Å². The van der Waals surface area contributed by atoms with Gasteiger partial charge in [0, 0.05) is 25.0 Å². The van der Waals surface area contributed by atoms with Crippen molar-refractivity contribution in [2.75, 3.05) is 6.54 Å². The lowest BCUT2D eigenvalue weighted by atomic mass is 9.82. The van der Waals surface area contributed by atoms with Crippen LogP contribution in [0.3, 0.4) is 0 Å². The van der Waals surface area contributed by atoms with Crippen LogP contribution in [0.2, 0.25) is 0 Å². The molecule has 108 valence electrons. The number of ether oxygens (including phenoxy) is 1. The van der Waals surface area contributed by atoms with Gasteiger partial charge in [-0.3, -0.25) is 0 Å². The molecule has 1 fully saturated rings. The van der Waals surface area contributed by atoms with Crippen LogP contribution in [-0.2, 0) is 15.1 Å². The van der Waals surface area contributed by atoms with Crippen LogP contribution in [0.15, 0.2) is 42.0 Å². The van der Waals surface area contributed by atoms with Gasteiger partial charge in [-0.05, 0) is 32.9 Å². The number of rotatable bonds is 3. The Hall–Kier alpha value is -1.61. The number of hydrogen-bond donors (Lipinski definition) is 1. The number of benzene rings is 1. The van der Waals surface area contributed by atoms with E-state index in [0.717, 1.165) is 30.5 Å². The van der Waals surface area contributed by atoms with Crippen LogP contribution in [0.1, 0.15) is 39.2 Å². The maximum Gasteiger partial charge on any atom is 0.331 e. The number of hydrogen-bond acceptors (Lipinski definition) is 3. The minimum atomic E-state index is -0.505. The summed E-state index contributed by atoms with van der Waals surface area (Å²) in [5, 5.41) is 3.41. The van der Waals surface area contributed by atoms with Crippen LogP contribution in [0.4, 0.5) is 0 Å². The molecule has 0 radical (unpaired) electrons. The van der Waals surface area contributed by atoms with Gasteiger partial charge in [-0.15, -0.1) is 0 Å². The number of carbonyl (C=O) groups excluding carboxylic acids is 1. The molecule has 0 bridgehead atoms. The van der Waals surface area contributed by atoms with E-state index < -0.39 is 5.60 Å². The molecule has 1 N–H and O–H groups in total. The van der Waals surface area contributed by atoms with Gasteiger partial charge in [0.25, 0.3) is 0 Å². The summed E-state index contributed by atoms with van der Waals surface area (Å²) in [4.78, 5) is 12.1. The first kappa shape index (κ1) is 14.8. The fraction of sp³-hybridized carbons (Fsp3) is 0.471. The molecule has 0 aliphatic carbocycles. The summed E-state index contributed by atoms with van der Waals surface area (Å²) < 4.78 is 5.89. The van der Waals surface area contributed by atoms with Gasteiger partial charge < -0.3 is 10.1 Å². The topological polar surface area (TPSA) is 38.3 Å². The minimum Gasteiger partial charge on any atom is -0.451 e. The quantitative estimate of drug-likeness (QED) is 0.679. The smallest absolute Gasteiger partial charge is 0.331 e. The monoisotopic (exact) mass is 273 g/mol. The average molecular weight is 273 g/mol. The highest BCUT2D eigenvalue weighted by Gasteiger charge is 2.39. The Balaban J connectivity index is 2.30. The van der Waals surface area contributed by atoms with Crippen LogP contribution < -0.4 is 5.32 Å². The highest BCUT2D eigenvalue weighted by molar-refractivity contribution is 5.83. The second-order valence-electron chi connectivity index (χ2n) is 5.81. The fourth-order valence-electron chi connectivity index (χ4n) is 2.80. The van der Waals surface area contributed by atoms with E-state index in [9.17, 15) is 4.79 Å². The molecule has 1 heterocycles. The summed E-state index contributed by atoms with van der Waals surface area (Å²) in [5.41, 5.74) is 1.54. The molecule has 2 atom stereocenters. The number of piperidine rings is 1. The first-order chi connectivity index (χ1) is 9.52. The van der Waals surface area contributed by atoms with Crippen LogP contribution in [0.25, 0.3) is 0 Å². The molecule has 0 spiro atoms. The summed E-state index contributed by atoms with van der Waals surface area (Å²) >= 11 is 0. The zero-order valence-electron chi connectivity index (χ0n) is 12.5. The third kappa shape index (κ3) is 3.48. The maximum absolute atomic E-state index is 12.1. The number of allylic oxidation sites excluding steroid dienone is 1. The largest absolute Gasteiger partial charge is 0.451 e. The van der Waals surface area contributed by atoms with Crippen molar-refractivity contribution in [3.8, 4) is 0 Å². The van der Waals surface area contributed by atoms with Gasteiger partial charge in [0.1, 0.15) is 5.60 Å². The van der Waals surface area contributed by atoms with Gasteiger partial charge in [-0.2, -0.15) is 0 Å². The van der Waals surface area contributed by atoms with Gasteiger partial charge in [-0.25, -0.2) is 4.79 Å².